The molecule has 1 aromatic heterocycles. The maximum Gasteiger partial charge on any atom is 0.230 e. The third-order valence-corrected chi connectivity index (χ3v) is 7.33. The first-order chi connectivity index (χ1) is 17.1. The first-order valence-corrected chi connectivity index (χ1v) is 12.2. The number of hydrogen-bond acceptors (Lipinski definition) is 6. The maximum absolute atomic E-state index is 13.4. The minimum atomic E-state index is -0.493. The number of nitrogens with zero attached hydrogens (tertiary/aromatic N) is 2. The van der Waals surface area contributed by atoms with Crippen molar-refractivity contribution in [3.05, 3.63) is 78.3 Å². The van der Waals surface area contributed by atoms with Gasteiger partial charge in [-0.1, -0.05) is 18.2 Å². The van der Waals surface area contributed by atoms with E-state index in [1.54, 1.807) is 20.5 Å². The second kappa shape index (κ2) is 10.0. The van der Waals surface area contributed by atoms with Crippen molar-refractivity contribution in [3.8, 4) is 11.5 Å². The highest BCUT2D eigenvalue weighted by atomic mass is 16.5. The van der Waals surface area contributed by atoms with Crippen LogP contribution >= 0.6 is 0 Å². The molecule has 0 bridgehead atoms. The van der Waals surface area contributed by atoms with E-state index in [4.69, 9.17) is 13.9 Å². The summed E-state index contributed by atoms with van der Waals surface area (Å²) in [6, 6.07) is 19.9. The lowest BCUT2D eigenvalue weighted by Gasteiger charge is -2.39. The number of anilines is 1. The first-order valence-electron chi connectivity index (χ1n) is 12.2. The minimum Gasteiger partial charge on any atom is -0.497 e. The van der Waals surface area contributed by atoms with E-state index in [0.717, 1.165) is 61.8 Å². The molecule has 7 heteroatoms. The van der Waals surface area contributed by atoms with Crippen molar-refractivity contribution >= 4 is 11.6 Å². The lowest BCUT2D eigenvalue weighted by molar-refractivity contribution is -0.123. The molecule has 1 unspecified atom stereocenters. The molecule has 1 atom stereocenters. The molecule has 0 spiro atoms. The number of rotatable bonds is 9. The second-order valence-electron chi connectivity index (χ2n) is 9.24. The van der Waals surface area contributed by atoms with Gasteiger partial charge in [-0.25, -0.2) is 0 Å². The molecule has 2 aromatic carbocycles. The van der Waals surface area contributed by atoms with Crippen LogP contribution < -0.4 is 19.7 Å². The lowest BCUT2D eigenvalue weighted by atomic mass is 9.93. The number of furan rings is 1. The number of hydrogen-bond donors (Lipinski definition) is 1. The molecule has 1 aliphatic carbocycles. The maximum atomic E-state index is 13.4. The molecule has 2 heterocycles. The van der Waals surface area contributed by atoms with Crippen LogP contribution in [0.4, 0.5) is 5.69 Å². The van der Waals surface area contributed by atoms with E-state index in [1.165, 1.54) is 5.69 Å². The molecule has 2 aliphatic rings. The monoisotopic (exact) mass is 475 g/mol. The Bertz CT molecular complexity index is 1120. The standard InChI is InChI=1S/C28H33N3O4/c1-33-22-11-9-21(10-12-22)30-15-17-31(18-16-30)24(26-8-5-19-35-26)20-29-27(32)28(13-14-28)23-6-3-4-7-25(23)34-2/h3-12,19,24H,13-18,20H2,1-2H3,(H,29,32). The van der Waals surface area contributed by atoms with E-state index in [1.807, 2.05) is 48.5 Å². The summed E-state index contributed by atoms with van der Waals surface area (Å²) in [5.74, 6) is 2.58. The average Bonchev–Trinajstić information content (AvgIpc) is 3.56. The minimum absolute atomic E-state index is 0.0135. The summed E-state index contributed by atoms with van der Waals surface area (Å²) in [4.78, 5) is 18.2. The SMILES string of the molecule is COc1ccc(N2CCN(C(CNC(=O)C3(c4ccccc4OC)CC3)c3ccco3)CC2)cc1. The van der Waals surface area contributed by atoms with E-state index in [0.29, 0.717) is 6.54 Å². The molecule has 1 N–H and O–H groups in total. The highest BCUT2D eigenvalue weighted by Crippen LogP contribution is 2.51. The van der Waals surface area contributed by atoms with Crippen molar-refractivity contribution in [2.45, 2.75) is 24.3 Å². The zero-order valence-corrected chi connectivity index (χ0v) is 20.4. The van der Waals surface area contributed by atoms with Crippen molar-refractivity contribution in [3.63, 3.8) is 0 Å². The number of amides is 1. The smallest absolute Gasteiger partial charge is 0.230 e. The fraction of sp³-hybridized carbons (Fsp3) is 0.393. The topological polar surface area (TPSA) is 67.2 Å². The summed E-state index contributed by atoms with van der Waals surface area (Å²) in [5.41, 5.74) is 1.68. The predicted octanol–water partition coefficient (Wildman–Crippen LogP) is 4.01. The van der Waals surface area contributed by atoms with Gasteiger partial charge in [-0.15, -0.1) is 0 Å². The van der Waals surface area contributed by atoms with Crippen molar-refractivity contribution in [2.75, 3.05) is 51.8 Å². The van der Waals surface area contributed by atoms with Gasteiger partial charge in [0.15, 0.2) is 0 Å². The van der Waals surface area contributed by atoms with Crippen molar-refractivity contribution in [2.24, 2.45) is 0 Å². The van der Waals surface area contributed by atoms with Crippen LogP contribution in [0.5, 0.6) is 11.5 Å². The van der Waals surface area contributed by atoms with Crippen molar-refractivity contribution in [1.82, 2.24) is 10.2 Å². The lowest BCUT2D eigenvalue weighted by Crippen LogP contribution is -2.50. The summed E-state index contributed by atoms with van der Waals surface area (Å²) >= 11 is 0. The van der Waals surface area contributed by atoms with Gasteiger partial charge in [-0.05, 0) is 55.3 Å². The Labute approximate surface area is 206 Å². The molecule has 184 valence electrons. The van der Waals surface area contributed by atoms with Gasteiger partial charge in [0.2, 0.25) is 5.91 Å². The fourth-order valence-corrected chi connectivity index (χ4v) is 5.12. The molecule has 5 rings (SSSR count). The summed E-state index contributed by atoms with van der Waals surface area (Å²) < 4.78 is 16.6. The van der Waals surface area contributed by atoms with Gasteiger partial charge in [0.25, 0.3) is 0 Å². The van der Waals surface area contributed by atoms with Crippen molar-refractivity contribution in [1.29, 1.82) is 0 Å². The number of piperazine rings is 1. The van der Waals surface area contributed by atoms with Gasteiger partial charge < -0.3 is 24.1 Å². The third kappa shape index (κ3) is 4.73. The Balaban J connectivity index is 1.25. The summed E-state index contributed by atoms with van der Waals surface area (Å²) in [7, 11) is 3.34. The Morgan fingerprint density at radius 2 is 1.71 bits per heavy atom. The van der Waals surface area contributed by atoms with E-state index in [2.05, 4.69) is 27.2 Å². The number of nitrogens with one attached hydrogen (secondary N) is 1. The Hall–Kier alpha value is -3.45. The largest absolute Gasteiger partial charge is 0.497 e. The number of ether oxygens (including phenoxy) is 2. The molecular weight excluding hydrogens is 442 g/mol. The number of para-hydroxylation sites is 1. The molecule has 1 aliphatic heterocycles. The van der Waals surface area contributed by atoms with Gasteiger partial charge >= 0.3 is 0 Å². The van der Waals surface area contributed by atoms with Crippen LogP contribution in [0.15, 0.2) is 71.3 Å². The molecule has 1 saturated heterocycles. The van der Waals surface area contributed by atoms with Gasteiger partial charge in [0.1, 0.15) is 17.3 Å². The van der Waals surface area contributed by atoms with Crippen LogP contribution in [0.3, 0.4) is 0 Å². The van der Waals surface area contributed by atoms with Crippen LogP contribution in [-0.2, 0) is 10.2 Å². The van der Waals surface area contributed by atoms with E-state index in [9.17, 15) is 4.79 Å². The summed E-state index contributed by atoms with van der Waals surface area (Å²) in [6.45, 7) is 4.08. The van der Waals surface area contributed by atoms with Gasteiger partial charge in [-0.3, -0.25) is 9.69 Å². The van der Waals surface area contributed by atoms with Crippen LogP contribution in [0, 0.1) is 0 Å². The van der Waals surface area contributed by atoms with E-state index in [-0.39, 0.29) is 11.9 Å². The quantitative estimate of drug-likeness (QED) is 0.505. The number of benzene rings is 2. The first kappa shape index (κ1) is 23.3. The number of carbonyl (C=O) groups excluding carboxylic acids is 1. The average molecular weight is 476 g/mol. The Morgan fingerprint density at radius 3 is 2.34 bits per heavy atom. The van der Waals surface area contributed by atoms with Crippen LogP contribution in [0.1, 0.15) is 30.2 Å². The zero-order chi connectivity index (χ0) is 24.3. The van der Waals surface area contributed by atoms with Crippen LogP contribution in [0.2, 0.25) is 0 Å². The van der Waals surface area contributed by atoms with Gasteiger partial charge in [-0.2, -0.15) is 0 Å². The Kier molecular flexibility index (Phi) is 6.68. The third-order valence-electron chi connectivity index (χ3n) is 7.33. The van der Waals surface area contributed by atoms with Gasteiger partial charge in [0.05, 0.1) is 31.9 Å². The molecule has 0 radical (unpaired) electrons. The normalized spacial score (nSPS) is 18.1. The Morgan fingerprint density at radius 1 is 0.971 bits per heavy atom. The van der Waals surface area contributed by atoms with Gasteiger partial charge in [0, 0.05) is 44.0 Å². The molecule has 3 aromatic rings. The molecule has 1 amide bonds. The fourth-order valence-electron chi connectivity index (χ4n) is 5.12. The zero-order valence-electron chi connectivity index (χ0n) is 20.4. The summed E-state index contributed by atoms with van der Waals surface area (Å²) in [6.07, 6.45) is 3.38. The van der Waals surface area contributed by atoms with Crippen LogP contribution in [-0.4, -0.2) is 57.8 Å². The van der Waals surface area contributed by atoms with E-state index >= 15 is 0 Å². The summed E-state index contributed by atoms with van der Waals surface area (Å²) in [5, 5.41) is 3.25. The number of methoxy groups -OCH3 is 2. The molecule has 7 nitrogen and oxygen atoms in total. The predicted molar refractivity (Wildman–Crippen MR) is 135 cm³/mol. The second-order valence-corrected chi connectivity index (χ2v) is 9.24. The van der Waals surface area contributed by atoms with E-state index < -0.39 is 5.41 Å². The molecule has 35 heavy (non-hydrogen) atoms. The molecular formula is C28H33N3O4. The molecule has 1 saturated carbocycles. The highest BCUT2D eigenvalue weighted by molar-refractivity contribution is 5.92. The van der Waals surface area contributed by atoms with Crippen LogP contribution in [0.25, 0.3) is 0 Å². The molecule has 2 fully saturated rings. The van der Waals surface area contributed by atoms with Crippen molar-refractivity contribution < 1.29 is 18.7 Å². The highest BCUT2D eigenvalue weighted by Gasteiger charge is 2.52. The number of carbonyl (C=O) groups is 1.